The van der Waals surface area contributed by atoms with Crippen LogP contribution in [0.3, 0.4) is 0 Å². The predicted octanol–water partition coefficient (Wildman–Crippen LogP) is 4.17. The van der Waals surface area contributed by atoms with E-state index in [1.807, 2.05) is 30.5 Å². The van der Waals surface area contributed by atoms with Gasteiger partial charge in [-0.05, 0) is 55.8 Å². The Morgan fingerprint density at radius 3 is 2.86 bits per heavy atom. The molecule has 0 atom stereocenters. The summed E-state index contributed by atoms with van der Waals surface area (Å²) in [5, 5.41) is 13.7. The average Bonchev–Trinajstić information content (AvgIpc) is 3.18. The number of hydrogen-bond acceptors (Lipinski definition) is 7. The van der Waals surface area contributed by atoms with Gasteiger partial charge < -0.3 is 15.3 Å². The molecule has 6 nitrogen and oxygen atoms in total. The number of nitrogens with zero attached hydrogens (tertiary/aromatic N) is 4. The first kappa shape index (κ1) is 19.3. The lowest BCUT2D eigenvalue weighted by Gasteiger charge is -2.31. The normalized spacial score (nSPS) is 15.6. The maximum Gasteiger partial charge on any atom is 0.188 e. The number of aliphatic hydroxyl groups excluding tert-OH is 1. The molecule has 146 valence electrons. The molecule has 0 spiro atoms. The number of aromatic nitrogens is 3. The molecule has 0 amide bonds. The molecule has 0 aromatic carbocycles. The van der Waals surface area contributed by atoms with Crippen molar-refractivity contribution in [2.24, 2.45) is 0 Å². The first-order chi connectivity index (χ1) is 13.7. The Kier molecular flexibility index (Phi) is 6.17. The molecule has 4 heterocycles. The van der Waals surface area contributed by atoms with Gasteiger partial charge in [0.25, 0.3) is 0 Å². The summed E-state index contributed by atoms with van der Waals surface area (Å²) in [6, 6.07) is 9.87. The zero-order valence-electron chi connectivity index (χ0n) is 15.4. The molecule has 1 fully saturated rings. The zero-order valence-corrected chi connectivity index (χ0v) is 17.0. The first-order valence-electron chi connectivity index (χ1n) is 9.36. The molecule has 0 bridgehead atoms. The van der Waals surface area contributed by atoms with Crippen molar-refractivity contribution >= 4 is 33.9 Å². The molecule has 1 aliphatic heterocycles. The summed E-state index contributed by atoms with van der Waals surface area (Å²) in [5.41, 5.74) is 2.12. The number of β-amino-alcohol motifs (C(OH)–C–C–N with tert-alkyl or cyclic N) is 1. The summed E-state index contributed by atoms with van der Waals surface area (Å²) in [4.78, 5) is 16.6. The lowest BCUT2D eigenvalue weighted by Crippen LogP contribution is -2.35. The summed E-state index contributed by atoms with van der Waals surface area (Å²) in [7, 11) is 0. The van der Waals surface area contributed by atoms with E-state index >= 15 is 0 Å². The minimum Gasteiger partial charge on any atom is -0.395 e. The molecule has 0 saturated carbocycles. The van der Waals surface area contributed by atoms with Crippen LogP contribution >= 0.6 is 22.9 Å². The van der Waals surface area contributed by atoms with Gasteiger partial charge in [-0.1, -0.05) is 29.0 Å². The quantitative estimate of drug-likeness (QED) is 0.588. The maximum absolute atomic E-state index is 9.09. The second kappa shape index (κ2) is 8.96. The number of hydrogen-bond donors (Lipinski definition) is 2. The fourth-order valence-corrected chi connectivity index (χ4v) is 4.47. The Bertz CT molecular complexity index is 926. The molecule has 8 heteroatoms. The van der Waals surface area contributed by atoms with Crippen molar-refractivity contribution in [3.8, 4) is 10.4 Å². The van der Waals surface area contributed by atoms with Crippen LogP contribution < -0.4 is 5.32 Å². The van der Waals surface area contributed by atoms with Gasteiger partial charge in [-0.15, -0.1) is 0 Å². The Hall–Kier alpha value is -2.06. The second-order valence-corrected chi connectivity index (χ2v) is 8.23. The molecule has 0 unspecified atom stereocenters. The van der Waals surface area contributed by atoms with Crippen molar-refractivity contribution < 1.29 is 5.11 Å². The number of aliphatic hydroxyl groups is 1. The van der Waals surface area contributed by atoms with Gasteiger partial charge in [0.2, 0.25) is 0 Å². The highest BCUT2D eigenvalue weighted by atomic mass is 35.5. The number of likely N-dealkylation sites (tertiary alicyclic amines) is 1. The van der Waals surface area contributed by atoms with Gasteiger partial charge in [-0.2, -0.15) is 0 Å². The Morgan fingerprint density at radius 1 is 1.21 bits per heavy atom. The maximum atomic E-state index is 9.09. The minimum absolute atomic E-state index is 0.226. The largest absolute Gasteiger partial charge is 0.395 e. The highest BCUT2D eigenvalue weighted by Gasteiger charge is 2.21. The Balaban J connectivity index is 1.43. The standard InChI is InChI=1S/C20H22ClN5OS/c21-18-12-15(4-7-22-18)17-13-23-20(28-17)25-19-3-1-2-16(24-19)14-5-8-26(9-6-14)10-11-27/h1-4,7,12-14,27H,5-6,8-11H2,(H,23,24,25). The van der Waals surface area contributed by atoms with Crippen LogP contribution in [0.25, 0.3) is 10.4 Å². The topological polar surface area (TPSA) is 74.2 Å². The van der Waals surface area contributed by atoms with E-state index in [2.05, 4.69) is 26.3 Å². The van der Waals surface area contributed by atoms with Crippen molar-refractivity contribution in [2.75, 3.05) is 31.6 Å². The van der Waals surface area contributed by atoms with Gasteiger partial charge in [0, 0.05) is 30.6 Å². The van der Waals surface area contributed by atoms with Crippen LogP contribution in [0.4, 0.5) is 10.9 Å². The van der Waals surface area contributed by atoms with Crippen molar-refractivity contribution in [3.63, 3.8) is 0 Å². The minimum atomic E-state index is 0.226. The van der Waals surface area contributed by atoms with Gasteiger partial charge in [-0.25, -0.2) is 15.0 Å². The Labute approximate surface area is 173 Å². The first-order valence-corrected chi connectivity index (χ1v) is 10.6. The molecule has 1 aliphatic rings. The molecule has 1 saturated heterocycles. The van der Waals surface area contributed by atoms with Crippen LogP contribution in [0.5, 0.6) is 0 Å². The van der Waals surface area contributed by atoms with E-state index < -0.39 is 0 Å². The predicted molar refractivity (Wildman–Crippen MR) is 113 cm³/mol. The highest BCUT2D eigenvalue weighted by Crippen LogP contribution is 2.32. The number of halogens is 1. The number of rotatable bonds is 6. The summed E-state index contributed by atoms with van der Waals surface area (Å²) in [6.07, 6.45) is 5.67. The number of nitrogens with one attached hydrogen (secondary N) is 1. The van der Waals surface area contributed by atoms with Crippen molar-refractivity contribution in [3.05, 3.63) is 53.6 Å². The molecule has 0 aliphatic carbocycles. The third-order valence-corrected chi connectivity index (χ3v) is 6.11. The lowest BCUT2D eigenvalue weighted by molar-refractivity contribution is 0.163. The third-order valence-electron chi connectivity index (χ3n) is 4.94. The van der Waals surface area contributed by atoms with Crippen molar-refractivity contribution in [1.82, 2.24) is 19.9 Å². The number of piperidine rings is 1. The second-order valence-electron chi connectivity index (χ2n) is 6.81. The zero-order chi connectivity index (χ0) is 19.3. The molecule has 28 heavy (non-hydrogen) atoms. The van der Waals surface area contributed by atoms with E-state index in [-0.39, 0.29) is 6.61 Å². The molecular formula is C20H22ClN5OS. The van der Waals surface area contributed by atoms with Crippen LogP contribution in [0.2, 0.25) is 5.15 Å². The van der Waals surface area contributed by atoms with E-state index in [0.717, 1.165) is 59.6 Å². The van der Waals surface area contributed by atoms with E-state index in [4.69, 9.17) is 21.7 Å². The summed E-state index contributed by atoms with van der Waals surface area (Å²) in [6.45, 7) is 3.00. The van der Waals surface area contributed by atoms with Crippen LogP contribution in [0, 0.1) is 0 Å². The summed E-state index contributed by atoms with van der Waals surface area (Å²) >= 11 is 7.54. The van der Waals surface area contributed by atoms with Gasteiger partial charge in [0.15, 0.2) is 5.13 Å². The highest BCUT2D eigenvalue weighted by molar-refractivity contribution is 7.18. The van der Waals surface area contributed by atoms with E-state index in [1.165, 1.54) is 0 Å². The van der Waals surface area contributed by atoms with E-state index in [0.29, 0.717) is 11.1 Å². The number of anilines is 2. The van der Waals surface area contributed by atoms with Crippen LogP contribution in [0.15, 0.2) is 42.7 Å². The van der Waals surface area contributed by atoms with Gasteiger partial charge >= 0.3 is 0 Å². The fraction of sp³-hybridized carbons (Fsp3) is 0.350. The van der Waals surface area contributed by atoms with Gasteiger partial charge in [0.05, 0.1) is 11.5 Å². The fourth-order valence-electron chi connectivity index (χ4n) is 3.47. The summed E-state index contributed by atoms with van der Waals surface area (Å²) < 4.78 is 0. The molecule has 3 aromatic rings. The SMILES string of the molecule is OCCN1CCC(c2cccc(Nc3ncc(-c4ccnc(Cl)c4)s3)n2)CC1. The van der Waals surface area contributed by atoms with Crippen molar-refractivity contribution in [2.45, 2.75) is 18.8 Å². The van der Waals surface area contributed by atoms with Crippen molar-refractivity contribution in [1.29, 1.82) is 0 Å². The molecule has 4 rings (SSSR count). The smallest absolute Gasteiger partial charge is 0.188 e. The van der Waals surface area contributed by atoms with E-state index in [9.17, 15) is 0 Å². The van der Waals surface area contributed by atoms with E-state index in [1.54, 1.807) is 17.5 Å². The number of thiazole rings is 1. The monoisotopic (exact) mass is 415 g/mol. The van der Waals surface area contributed by atoms with Gasteiger partial charge in [0.1, 0.15) is 11.0 Å². The van der Waals surface area contributed by atoms with Crippen LogP contribution in [-0.2, 0) is 0 Å². The molecule has 0 radical (unpaired) electrons. The molecular weight excluding hydrogens is 394 g/mol. The lowest BCUT2D eigenvalue weighted by atomic mass is 9.93. The molecule has 3 aromatic heterocycles. The van der Waals surface area contributed by atoms with Crippen LogP contribution in [-0.4, -0.2) is 51.2 Å². The Morgan fingerprint density at radius 2 is 2.07 bits per heavy atom. The average molecular weight is 416 g/mol. The van der Waals surface area contributed by atoms with Crippen LogP contribution in [0.1, 0.15) is 24.5 Å². The number of pyridine rings is 2. The summed E-state index contributed by atoms with van der Waals surface area (Å²) in [5.74, 6) is 1.27. The molecule has 2 N–H and O–H groups in total. The third kappa shape index (κ3) is 4.67. The van der Waals surface area contributed by atoms with Gasteiger partial charge in [-0.3, -0.25) is 0 Å².